The third kappa shape index (κ3) is 5.39. The quantitative estimate of drug-likeness (QED) is 0.737. The molecular formula is C20H25N3O4S. The number of nitrogens with one attached hydrogen (secondary N) is 2. The standard InChI is InChI=1S/C20H25N3O4S/c1-16-15-18(28(25,26)21-9-10-23-11-13-27-14-12-23)7-8-19(16)22-20(24)17-5-3-2-4-6-17/h2-8,15,21H,9-14H2,1H3,(H,22,24). The summed E-state index contributed by atoms with van der Waals surface area (Å²) in [5.74, 6) is -0.233. The summed E-state index contributed by atoms with van der Waals surface area (Å²) in [4.78, 5) is 14.6. The Balaban J connectivity index is 1.61. The SMILES string of the molecule is Cc1cc(S(=O)(=O)NCCN2CCOCC2)ccc1NC(=O)c1ccccc1. The lowest BCUT2D eigenvalue weighted by atomic mass is 10.1. The molecule has 1 aliphatic rings. The summed E-state index contributed by atoms with van der Waals surface area (Å²) in [6, 6.07) is 13.6. The summed E-state index contributed by atoms with van der Waals surface area (Å²) in [6.45, 7) is 5.76. The molecule has 0 radical (unpaired) electrons. The Labute approximate surface area is 165 Å². The molecule has 0 saturated carbocycles. The van der Waals surface area contributed by atoms with Gasteiger partial charge in [-0.25, -0.2) is 13.1 Å². The maximum Gasteiger partial charge on any atom is 0.255 e. The zero-order valence-electron chi connectivity index (χ0n) is 15.8. The lowest BCUT2D eigenvalue weighted by molar-refractivity contribution is 0.0390. The molecule has 1 fully saturated rings. The minimum Gasteiger partial charge on any atom is -0.379 e. The van der Waals surface area contributed by atoms with Crippen LogP contribution in [0.25, 0.3) is 0 Å². The third-order valence-corrected chi connectivity index (χ3v) is 6.07. The molecule has 0 aliphatic carbocycles. The van der Waals surface area contributed by atoms with Crippen LogP contribution in [0.5, 0.6) is 0 Å². The van der Waals surface area contributed by atoms with Gasteiger partial charge in [-0.15, -0.1) is 0 Å². The van der Waals surface area contributed by atoms with E-state index in [0.29, 0.717) is 43.1 Å². The molecule has 0 unspecified atom stereocenters. The third-order valence-electron chi connectivity index (χ3n) is 4.62. The number of carbonyl (C=O) groups is 1. The summed E-state index contributed by atoms with van der Waals surface area (Å²) >= 11 is 0. The average molecular weight is 404 g/mol. The fourth-order valence-corrected chi connectivity index (χ4v) is 4.08. The van der Waals surface area contributed by atoms with Crippen molar-refractivity contribution in [2.75, 3.05) is 44.7 Å². The summed E-state index contributed by atoms with van der Waals surface area (Å²) in [6.07, 6.45) is 0. The van der Waals surface area contributed by atoms with E-state index in [1.807, 2.05) is 6.07 Å². The molecule has 3 rings (SSSR count). The molecule has 0 bridgehead atoms. The number of nitrogens with zero attached hydrogens (tertiary/aromatic N) is 1. The molecule has 1 aliphatic heterocycles. The van der Waals surface area contributed by atoms with Gasteiger partial charge in [0.25, 0.3) is 5.91 Å². The number of benzene rings is 2. The molecule has 1 saturated heterocycles. The van der Waals surface area contributed by atoms with Crippen LogP contribution in [0.15, 0.2) is 53.4 Å². The van der Waals surface area contributed by atoms with Gasteiger partial charge < -0.3 is 10.1 Å². The summed E-state index contributed by atoms with van der Waals surface area (Å²) in [5.41, 5.74) is 1.81. The predicted octanol–water partition coefficient (Wildman–Crippen LogP) is 1.86. The number of ether oxygens (including phenoxy) is 1. The van der Waals surface area contributed by atoms with E-state index >= 15 is 0 Å². The monoisotopic (exact) mass is 403 g/mol. The molecule has 1 amide bonds. The predicted molar refractivity (Wildman–Crippen MR) is 108 cm³/mol. The molecule has 0 atom stereocenters. The second-order valence-corrected chi connectivity index (χ2v) is 8.42. The molecule has 2 aromatic rings. The van der Waals surface area contributed by atoms with Gasteiger partial charge in [0.15, 0.2) is 0 Å². The van der Waals surface area contributed by atoms with Crippen molar-refractivity contribution < 1.29 is 17.9 Å². The normalized spacial score (nSPS) is 15.3. The van der Waals surface area contributed by atoms with Crippen molar-refractivity contribution in [3.63, 3.8) is 0 Å². The Morgan fingerprint density at radius 1 is 1.11 bits per heavy atom. The Morgan fingerprint density at radius 3 is 2.50 bits per heavy atom. The minimum absolute atomic E-state index is 0.185. The molecular weight excluding hydrogens is 378 g/mol. The zero-order valence-corrected chi connectivity index (χ0v) is 16.7. The number of carbonyl (C=O) groups excluding carboxylic acids is 1. The van der Waals surface area contributed by atoms with Gasteiger partial charge in [-0.1, -0.05) is 18.2 Å². The van der Waals surface area contributed by atoms with Gasteiger partial charge >= 0.3 is 0 Å². The Morgan fingerprint density at radius 2 is 1.82 bits per heavy atom. The van der Waals surface area contributed by atoms with Gasteiger partial charge in [-0.2, -0.15) is 0 Å². The summed E-state index contributed by atoms with van der Waals surface area (Å²) < 4.78 is 33.0. The zero-order chi connectivity index (χ0) is 20.0. The number of aryl methyl sites for hydroxylation is 1. The number of hydrogen-bond donors (Lipinski definition) is 2. The highest BCUT2D eigenvalue weighted by atomic mass is 32.2. The topological polar surface area (TPSA) is 87.7 Å². The minimum atomic E-state index is -3.60. The molecule has 0 aromatic heterocycles. The number of anilines is 1. The van der Waals surface area contributed by atoms with E-state index in [2.05, 4.69) is 14.9 Å². The Bertz CT molecular complexity index is 910. The highest BCUT2D eigenvalue weighted by Crippen LogP contribution is 2.20. The first-order valence-electron chi connectivity index (χ1n) is 9.22. The van der Waals surface area contributed by atoms with E-state index in [1.54, 1.807) is 43.3 Å². The maximum absolute atomic E-state index is 12.5. The van der Waals surface area contributed by atoms with Crippen molar-refractivity contribution >= 4 is 21.6 Å². The van der Waals surface area contributed by atoms with Crippen LogP contribution in [-0.4, -0.2) is 58.6 Å². The van der Waals surface area contributed by atoms with Gasteiger partial charge in [0.05, 0.1) is 18.1 Å². The number of hydrogen-bond acceptors (Lipinski definition) is 5. The molecule has 1 heterocycles. The van der Waals surface area contributed by atoms with Gasteiger partial charge in [-0.05, 0) is 42.8 Å². The van der Waals surface area contributed by atoms with Crippen molar-refractivity contribution in [1.82, 2.24) is 9.62 Å². The maximum atomic E-state index is 12.5. The lowest BCUT2D eigenvalue weighted by Gasteiger charge is -2.26. The van der Waals surface area contributed by atoms with E-state index in [1.165, 1.54) is 6.07 Å². The highest BCUT2D eigenvalue weighted by molar-refractivity contribution is 7.89. The first-order chi connectivity index (χ1) is 13.5. The van der Waals surface area contributed by atoms with E-state index in [-0.39, 0.29) is 10.8 Å². The van der Waals surface area contributed by atoms with Crippen molar-refractivity contribution in [2.45, 2.75) is 11.8 Å². The van der Waals surface area contributed by atoms with Crippen LogP contribution in [-0.2, 0) is 14.8 Å². The number of rotatable bonds is 7. The van der Waals surface area contributed by atoms with E-state index in [4.69, 9.17) is 4.74 Å². The van der Waals surface area contributed by atoms with Crippen molar-refractivity contribution in [1.29, 1.82) is 0 Å². The summed E-state index contributed by atoms with van der Waals surface area (Å²) in [5, 5.41) is 2.82. The smallest absolute Gasteiger partial charge is 0.255 e. The highest BCUT2D eigenvalue weighted by Gasteiger charge is 2.17. The number of morpholine rings is 1. The van der Waals surface area contributed by atoms with Crippen molar-refractivity contribution in [2.24, 2.45) is 0 Å². The largest absolute Gasteiger partial charge is 0.379 e. The van der Waals surface area contributed by atoms with E-state index < -0.39 is 10.0 Å². The summed E-state index contributed by atoms with van der Waals surface area (Å²) in [7, 11) is -3.60. The Hall–Kier alpha value is -2.26. The van der Waals surface area contributed by atoms with Gasteiger partial charge in [0.1, 0.15) is 0 Å². The first-order valence-corrected chi connectivity index (χ1v) is 10.7. The lowest BCUT2D eigenvalue weighted by Crippen LogP contribution is -2.41. The molecule has 0 spiro atoms. The van der Waals surface area contributed by atoms with Crippen LogP contribution in [0.1, 0.15) is 15.9 Å². The number of amides is 1. The van der Waals surface area contributed by atoms with Crippen molar-refractivity contribution in [3.05, 3.63) is 59.7 Å². The fourth-order valence-electron chi connectivity index (χ4n) is 2.97. The molecule has 8 heteroatoms. The van der Waals surface area contributed by atoms with Gasteiger partial charge in [-0.3, -0.25) is 9.69 Å². The Kier molecular flexibility index (Phi) is 6.79. The fraction of sp³-hybridized carbons (Fsp3) is 0.350. The molecule has 7 nitrogen and oxygen atoms in total. The second kappa shape index (κ2) is 9.29. The second-order valence-electron chi connectivity index (χ2n) is 6.65. The molecule has 28 heavy (non-hydrogen) atoms. The first kappa shape index (κ1) is 20.5. The van der Waals surface area contributed by atoms with Gasteiger partial charge in [0.2, 0.25) is 10.0 Å². The van der Waals surface area contributed by atoms with Crippen LogP contribution < -0.4 is 10.0 Å². The van der Waals surface area contributed by atoms with E-state index in [9.17, 15) is 13.2 Å². The van der Waals surface area contributed by atoms with E-state index in [0.717, 1.165) is 13.1 Å². The van der Waals surface area contributed by atoms with Crippen LogP contribution in [0.2, 0.25) is 0 Å². The molecule has 2 N–H and O–H groups in total. The van der Waals surface area contributed by atoms with Crippen molar-refractivity contribution in [3.8, 4) is 0 Å². The van der Waals surface area contributed by atoms with Crippen LogP contribution >= 0.6 is 0 Å². The number of sulfonamides is 1. The average Bonchev–Trinajstić information content (AvgIpc) is 2.70. The molecule has 2 aromatic carbocycles. The van der Waals surface area contributed by atoms with Crippen LogP contribution in [0.3, 0.4) is 0 Å². The van der Waals surface area contributed by atoms with Crippen LogP contribution in [0, 0.1) is 6.92 Å². The van der Waals surface area contributed by atoms with Gasteiger partial charge in [0, 0.05) is 37.4 Å². The van der Waals surface area contributed by atoms with Crippen LogP contribution in [0.4, 0.5) is 5.69 Å². The molecule has 150 valence electrons.